The number of nitrogens with zero attached hydrogens (tertiary/aromatic N) is 1. The van der Waals surface area contributed by atoms with Gasteiger partial charge in [0.1, 0.15) is 0 Å². The van der Waals surface area contributed by atoms with Gasteiger partial charge >= 0.3 is 0 Å². The minimum Gasteiger partial charge on any atom is -0.396 e. The van der Waals surface area contributed by atoms with E-state index in [-0.39, 0.29) is 18.2 Å². The first-order valence-electron chi connectivity index (χ1n) is 9.22. The number of aliphatic hydroxyl groups excluding tert-OH is 1. The summed E-state index contributed by atoms with van der Waals surface area (Å²) in [5, 5.41) is 23.1. The monoisotopic (exact) mass is 379 g/mol. The van der Waals surface area contributed by atoms with Gasteiger partial charge in [-0.3, -0.25) is 10.1 Å². The maximum Gasteiger partial charge on any atom is 0.272 e. The highest BCUT2D eigenvalue weighted by Gasteiger charge is 2.42. The zero-order valence-electron chi connectivity index (χ0n) is 15.5. The lowest BCUT2D eigenvalue weighted by atomic mass is 9.89. The SMILES string of the molecule is CC(CO)c1cc(C2(c3cccc4ccccc34)OCCO2)ccc1[N+](=O)[O-]. The predicted molar refractivity (Wildman–Crippen MR) is 105 cm³/mol. The highest BCUT2D eigenvalue weighted by molar-refractivity contribution is 5.86. The van der Waals surface area contributed by atoms with Crippen molar-refractivity contribution in [3.05, 3.63) is 87.5 Å². The lowest BCUT2D eigenvalue weighted by Gasteiger charge is -2.30. The topological polar surface area (TPSA) is 81.8 Å². The molecule has 28 heavy (non-hydrogen) atoms. The highest BCUT2D eigenvalue weighted by Crippen LogP contribution is 2.43. The number of aliphatic hydroxyl groups is 1. The summed E-state index contributed by atoms with van der Waals surface area (Å²) in [5.74, 6) is -1.52. The van der Waals surface area contributed by atoms with Crippen molar-refractivity contribution in [2.45, 2.75) is 18.6 Å². The van der Waals surface area contributed by atoms with Crippen LogP contribution in [-0.2, 0) is 15.3 Å². The van der Waals surface area contributed by atoms with Crippen LogP contribution < -0.4 is 0 Å². The van der Waals surface area contributed by atoms with Gasteiger partial charge in [0.25, 0.3) is 5.69 Å². The van der Waals surface area contributed by atoms with Gasteiger partial charge in [0.2, 0.25) is 5.79 Å². The second kappa shape index (κ2) is 7.31. The van der Waals surface area contributed by atoms with E-state index in [0.717, 1.165) is 16.3 Å². The Labute approximate surface area is 162 Å². The molecule has 1 N–H and O–H groups in total. The van der Waals surface area contributed by atoms with Gasteiger partial charge in [-0.2, -0.15) is 0 Å². The maximum atomic E-state index is 11.5. The van der Waals surface area contributed by atoms with Crippen molar-refractivity contribution in [1.82, 2.24) is 0 Å². The first-order chi connectivity index (χ1) is 13.6. The van der Waals surface area contributed by atoms with Crippen LogP contribution in [0.3, 0.4) is 0 Å². The third-order valence-electron chi connectivity index (χ3n) is 5.25. The van der Waals surface area contributed by atoms with E-state index < -0.39 is 10.7 Å². The third kappa shape index (κ3) is 2.96. The number of ether oxygens (including phenoxy) is 2. The van der Waals surface area contributed by atoms with Crippen molar-refractivity contribution >= 4 is 16.5 Å². The molecule has 1 aliphatic rings. The van der Waals surface area contributed by atoms with Crippen LogP contribution in [0.4, 0.5) is 5.69 Å². The number of nitro benzene ring substituents is 1. The van der Waals surface area contributed by atoms with Crippen molar-refractivity contribution < 1.29 is 19.5 Å². The van der Waals surface area contributed by atoms with Crippen LogP contribution in [0.1, 0.15) is 29.5 Å². The first kappa shape index (κ1) is 18.6. The number of benzene rings is 3. The number of rotatable bonds is 5. The van der Waals surface area contributed by atoms with Crippen LogP contribution in [0, 0.1) is 10.1 Å². The summed E-state index contributed by atoms with van der Waals surface area (Å²) in [7, 11) is 0. The fourth-order valence-corrected chi connectivity index (χ4v) is 3.82. The Kier molecular flexibility index (Phi) is 4.85. The van der Waals surface area contributed by atoms with E-state index in [1.165, 1.54) is 6.07 Å². The van der Waals surface area contributed by atoms with Crippen LogP contribution in [0.25, 0.3) is 10.8 Å². The lowest BCUT2D eigenvalue weighted by Crippen LogP contribution is -2.29. The summed E-state index contributed by atoms with van der Waals surface area (Å²) < 4.78 is 12.3. The van der Waals surface area contributed by atoms with Crippen molar-refractivity contribution in [3.8, 4) is 0 Å². The van der Waals surface area contributed by atoms with Crippen LogP contribution in [0.2, 0.25) is 0 Å². The summed E-state index contributed by atoms with van der Waals surface area (Å²) in [6.45, 7) is 2.41. The Bertz CT molecular complexity index is 1020. The molecule has 1 aliphatic heterocycles. The lowest BCUT2D eigenvalue weighted by molar-refractivity contribution is -0.385. The Morgan fingerprint density at radius 3 is 2.54 bits per heavy atom. The van der Waals surface area contributed by atoms with E-state index in [1.54, 1.807) is 19.1 Å². The maximum absolute atomic E-state index is 11.5. The van der Waals surface area contributed by atoms with E-state index >= 15 is 0 Å². The summed E-state index contributed by atoms with van der Waals surface area (Å²) in [4.78, 5) is 11.0. The quantitative estimate of drug-likeness (QED) is 0.533. The molecule has 3 aromatic carbocycles. The molecule has 0 bridgehead atoms. The predicted octanol–water partition coefficient (Wildman–Crippen LogP) is 4.09. The molecule has 1 heterocycles. The average molecular weight is 379 g/mol. The zero-order valence-corrected chi connectivity index (χ0v) is 15.5. The minimum absolute atomic E-state index is 0.0173. The molecular weight excluding hydrogens is 358 g/mol. The van der Waals surface area contributed by atoms with Crippen LogP contribution in [-0.4, -0.2) is 29.9 Å². The standard InChI is InChI=1S/C22H21NO5/c1-15(14-24)19-13-17(9-10-21(19)23(25)26)22(27-11-12-28-22)20-8-4-6-16-5-2-3-7-18(16)20/h2-10,13,15,24H,11-12,14H2,1H3. The number of nitro groups is 1. The number of hydrogen-bond donors (Lipinski definition) is 1. The molecule has 0 aromatic heterocycles. The molecule has 1 saturated heterocycles. The van der Waals surface area contributed by atoms with Crippen molar-refractivity contribution in [2.75, 3.05) is 19.8 Å². The van der Waals surface area contributed by atoms with Gasteiger partial charge in [-0.25, -0.2) is 0 Å². The van der Waals surface area contributed by atoms with Crippen molar-refractivity contribution in [1.29, 1.82) is 0 Å². The summed E-state index contributed by atoms with van der Waals surface area (Å²) >= 11 is 0. The zero-order chi connectivity index (χ0) is 19.7. The number of hydrogen-bond acceptors (Lipinski definition) is 5. The van der Waals surface area contributed by atoms with Gasteiger partial charge in [-0.15, -0.1) is 0 Å². The largest absolute Gasteiger partial charge is 0.396 e. The molecule has 144 valence electrons. The van der Waals surface area contributed by atoms with E-state index in [9.17, 15) is 15.2 Å². The van der Waals surface area contributed by atoms with Gasteiger partial charge < -0.3 is 14.6 Å². The minimum atomic E-state index is -1.14. The summed E-state index contributed by atoms with van der Waals surface area (Å²) in [5.41, 5.74) is 1.99. The van der Waals surface area contributed by atoms with Crippen molar-refractivity contribution in [3.63, 3.8) is 0 Å². The number of fused-ring (bicyclic) bond motifs is 1. The highest BCUT2D eigenvalue weighted by atomic mass is 16.7. The molecule has 4 rings (SSSR count). The van der Waals surface area contributed by atoms with Gasteiger partial charge in [-0.1, -0.05) is 49.4 Å². The van der Waals surface area contributed by atoms with Gasteiger partial charge in [0, 0.05) is 35.3 Å². The van der Waals surface area contributed by atoms with E-state index in [4.69, 9.17) is 9.47 Å². The van der Waals surface area contributed by atoms with Crippen LogP contribution in [0.5, 0.6) is 0 Å². The smallest absolute Gasteiger partial charge is 0.272 e. The summed E-state index contributed by atoms with van der Waals surface area (Å²) in [6, 6.07) is 18.8. The molecule has 0 amide bonds. The second-order valence-electron chi connectivity index (χ2n) is 6.95. The average Bonchev–Trinajstić information content (AvgIpc) is 3.23. The molecule has 3 aromatic rings. The van der Waals surface area contributed by atoms with Gasteiger partial charge in [-0.05, 0) is 22.9 Å². The molecule has 0 radical (unpaired) electrons. The molecule has 1 atom stereocenters. The van der Waals surface area contributed by atoms with E-state index in [0.29, 0.717) is 24.3 Å². The molecule has 1 unspecified atom stereocenters. The molecular formula is C22H21NO5. The normalized spacial score (nSPS) is 16.9. The Morgan fingerprint density at radius 2 is 1.82 bits per heavy atom. The molecule has 6 heteroatoms. The molecule has 0 aliphatic carbocycles. The van der Waals surface area contributed by atoms with Gasteiger partial charge in [0.15, 0.2) is 0 Å². The molecule has 6 nitrogen and oxygen atoms in total. The second-order valence-corrected chi connectivity index (χ2v) is 6.95. The Morgan fingerprint density at radius 1 is 1.11 bits per heavy atom. The summed E-state index contributed by atoms with van der Waals surface area (Å²) in [6.07, 6.45) is 0. The molecule has 0 spiro atoms. The first-order valence-corrected chi connectivity index (χ1v) is 9.22. The van der Waals surface area contributed by atoms with E-state index in [2.05, 4.69) is 0 Å². The van der Waals surface area contributed by atoms with Crippen LogP contribution in [0.15, 0.2) is 60.7 Å². The molecule has 1 fully saturated rings. The third-order valence-corrected chi connectivity index (χ3v) is 5.25. The molecule has 0 saturated carbocycles. The van der Waals surface area contributed by atoms with E-state index in [1.807, 2.05) is 42.5 Å². The van der Waals surface area contributed by atoms with Crippen LogP contribution >= 0.6 is 0 Å². The van der Waals surface area contributed by atoms with Crippen molar-refractivity contribution in [2.24, 2.45) is 0 Å². The Hall–Kier alpha value is -2.80. The van der Waals surface area contributed by atoms with Gasteiger partial charge in [0.05, 0.1) is 18.1 Å². The fraction of sp³-hybridized carbons (Fsp3) is 0.273. The Balaban J connectivity index is 1.95. The fourth-order valence-electron chi connectivity index (χ4n) is 3.82.